The summed E-state index contributed by atoms with van der Waals surface area (Å²) < 4.78 is 19.4. The molecule has 134 valence electrons. The Hall–Kier alpha value is -2.26. The summed E-state index contributed by atoms with van der Waals surface area (Å²) in [4.78, 5) is 36.2. The monoisotopic (exact) mass is 342 g/mol. The van der Waals surface area contributed by atoms with Crippen molar-refractivity contribution in [3.05, 3.63) is 17.5 Å². The predicted molar refractivity (Wildman–Crippen MR) is 81.4 cm³/mol. The van der Waals surface area contributed by atoms with Crippen molar-refractivity contribution in [1.82, 2.24) is 10.5 Å². The number of rotatable bonds is 10. The van der Waals surface area contributed by atoms with Crippen LogP contribution in [0.3, 0.4) is 0 Å². The topological polar surface area (TPSA) is 117 Å². The van der Waals surface area contributed by atoms with Crippen molar-refractivity contribution < 1.29 is 33.1 Å². The second kappa shape index (κ2) is 9.78. The van der Waals surface area contributed by atoms with Gasteiger partial charge in [-0.1, -0.05) is 5.16 Å². The molecule has 0 saturated heterocycles. The maximum atomic E-state index is 12.4. The smallest absolute Gasteiger partial charge is 0.311 e. The molecular formula is C15H22N2O7. The molecule has 0 unspecified atom stereocenters. The number of amides is 1. The molecule has 1 N–H and O–H groups in total. The first-order valence-corrected chi connectivity index (χ1v) is 7.25. The fourth-order valence-electron chi connectivity index (χ4n) is 2.05. The molecule has 0 spiro atoms. The van der Waals surface area contributed by atoms with Gasteiger partial charge in [0.25, 0.3) is 5.91 Å². The van der Waals surface area contributed by atoms with Gasteiger partial charge in [0, 0.05) is 26.7 Å². The number of Topliss-reactive ketones (excluding diaryl/α,β-unsaturated/α-hetero) is 1. The van der Waals surface area contributed by atoms with Gasteiger partial charge in [-0.3, -0.25) is 14.4 Å². The zero-order valence-electron chi connectivity index (χ0n) is 14.2. The third-order valence-electron chi connectivity index (χ3n) is 3.24. The second-order valence-corrected chi connectivity index (χ2v) is 5.15. The van der Waals surface area contributed by atoms with Crippen LogP contribution in [0, 0.1) is 12.8 Å². The van der Waals surface area contributed by atoms with Gasteiger partial charge in [0.05, 0.1) is 26.2 Å². The van der Waals surface area contributed by atoms with Crippen LogP contribution >= 0.6 is 0 Å². The van der Waals surface area contributed by atoms with Crippen LogP contribution in [0.4, 0.5) is 0 Å². The highest BCUT2D eigenvalue weighted by molar-refractivity contribution is 5.97. The first-order chi connectivity index (χ1) is 11.4. The minimum atomic E-state index is -0.927. The van der Waals surface area contributed by atoms with Gasteiger partial charge in [-0.2, -0.15) is 0 Å². The number of ketones is 1. The number of carbonyl (C=O) groups excluding carboxylic acids is 3. The number of hydrogen-bond donors (Lipinski definition) is 1. The van der Waals surface area contributed by atoms with Gasteiger partial charge < -0.3 is 24.1 Å². The molecule has 0 saturated carbocycles. The lowest BCUT2D eigenvalue weighted by molar-refractivity contribution is -0.149. The number of hydrogen-bond acceptors (Lipinski definition) is 8. The number of nitrogens with zero attached hydrogens (tertiary/aromatic N) is 1. The van der Waals surface area contributed by atoms with Crippen LogP contribution in [0.15, 0.2) is 10.6 Å². The Labute approximate surface area is 139 Å². The summed E-state index contributed by atoms with van der Waals surface area (Å²) in [5, 5.41) is 6.11. The number of ether oxygens (including phenoxy) is 3. The number of carbonyl (C=O) groups is 3. The molecule has 1 rings (SSSR count). The minimum absolute atomic E-state index is 0.0363. The van der Waals surface area contributed by atoms with Crippen LogP contribution in [0.5, 0.6) is 0 Å². The maximum Gasteiger partial charge on any atom is 0.311 e. The van der Waals surface area contributed by atoms with E-state index in [1.807, 2.05) is 0 Å². The molecule has 0 aliphatic rings. The summed E-state index contributed by atoms with van der Waals surface area (Å²) in [7, 11) is 4.05. The zero-order chi connectivity index (χ0) is 18.1. The van der Waals surface area contributed by atoms with Crippen LogP contribution in [0.2, 0.25) is 0 Å². The predicted octanol–water partition coefficient (Wildman–Crippen LogP) is 0.123. The molecule has 0 aliphatic heterocycles. The summed E-state index contributed by atoms with van der Waals surface area (Å²) in [5.41, 5.74) is 0.0582. The Morgan fingerprint density at radius 3 is 2.38 bits per heavy atom. The third kappa shape index (κ3) is 5.74. The van der Waals surface area contributed by atoms with Gasteiger partial charge in [-0.05, 0) is 6.92 Å². The molecule has 9 nitrogen and oxygen atoms in total. The second-order valence-electron chi connectivity index (χ2n) is 5.15. The van der Waals surface area contributed by atoms with Crippen LogP contribution in [0.1, 0.15) is 22.7 Å². The van der Waals surface area contributed by atoms with Gasteiger partial charge in [-0.25, -0.2) is 0 Å². The molecular weight excluding hydrogens is 320 g/mol. The third-order valence-corrected chi connectivity index (χ3v) is 3.24. The molecule has 1 heterocycles. The van der Waals surface area contributed by atoms with E-state index in [0.29, 0.717) is 5.76 Å². The Balaban J connectivity index is 2.76. The lowest BCUT2D eigenvalue weighted by Gasteiger charge is -2.19. The molecule has 24 heavy (non-hydrogen) atoms. The Kier molecular flexibility index (Phi) is 8.07. The van der Waals surface area contributed by atoms with Gasteiger partial charge in [-0.15, -0.1) is 0 Å². The SMILES string of the molecule is COC[C@H](CC(=O)[C@H](COC)NC(=O)c1cc(C)on1)C(=O)OC. The molecule has 1 aromatic rings. The quantitative estimate of drug-likeness (QED) is 0.596. The van der Waals surface area contributed by atoms with E-state index in [9.17, 15) is 14.4 Å². The summed E-state index contributed by atoms with van der Waals surface area (Å²) in [6, 6.07) is 0.523. The van der Waals surface area contributed by atoms with Crippen molar-refractivity contribution in [2.24, 2.45) is 5.92 Å². The Morgan fingerprint density at radius 1 is 1.21 bits per heavy atom. The minimum Gasteiger partial charge on any atom is -0.469 e. The molecule has 9 heteroatoms. The molecule has 0 aromatic carbocycles. The van der Waals surface area contributed by atoms with E-state index in [1.165, 1.54) is 27.4 Å². The van der Waals surface area contributed by atoms with E-state index < -0.39 is 23.8 Å². The highest BCUT2D eigenvalue weighted by Crippen LogP contribution is 2.10. The molecule has 2 atom stereocenters. The van der Waals surface area contributed by atoms with E-state index in [2.05, 4.69) is 15.2 Å². The van der Waals surface area contributed by atoms with Crippen LogP contribution in [0.25, 0.3) is 0 Å². The highest BCUT2D eigenvalue weighted by Gasteiger charge is 2.29. The molecule has 0 aliphatic carbocycles. The largest absolute Gasteiger partial charge is 0.469 e. The maximum absolute atomic E-state index is 12.4. The fraction of sp³-hybridized carbons (Fsp3) is 0.600. The molecule has 0 radical (unpaired) electrons. The Bertz CT molecular complexity index is 570. The van der Waals surface area contributed by atoms with Crippen molar-refractivity contribution >= 4 is 17.7 Å². The summed E-state index contributed by atoms with van der Waals surface area (Å²) in [5.74, 6) is -1.78. The number of aromatic nitrogens is 1. The molecule has 1 amide bonds. The van der Waals surface area contributed by atoms with Crippen molar-refractivity contribution in [2.45, 2.75) is 19.4 Å². The lowest BCUT2D eigenvalue weighted by atomic mass is 9.99. The van der Waals surface area contributed by atoms with Crippen LogP contribution in [-0.2, 0) is 23.8 Å². The molecule has 0 fully saturated rings. The number of aryl methyl sites for hydroxylation is 1. The van der Waals surface area contributed by atoms with Crippen LogP contribution < -0.4 is 5.32 Å². The van der Waals surface area contributed by atoms with E-state index in [-0.39, 0.29) is 31.1 Å². The van der Waals surface area contributed by atoms with Crippen molar-refractivity contribution in [3.8, 4) is 0 Å². The summed E-state index contributed by atoms with van der Waals surface area (Å²) in [6.45, 7) is 1.64. The fourth-order valence-corrected chi connectivity index (χ4v) is 2.05. The normalized spacial score (nSPS) is 13.2. The highest BCUT2D eigenvalue weighted by atomic mass is 16.5. The zero-order valence-corrected chi connectivity index (χ0v) is 14.2. The van der Waals surface area contributed by atoms with E-state index in [1.54, 1.807) is 6.92 Å². The molecule has 0 bridgehead atoms. The van der Waals surface area contributed by atoms with Crippen molar-refractivity contribution in [1.29, 1.82) is 0 Å². The number of nitrogens with one attached hydrogen (secondary N) is 1. The van der Waals surface area contributed by atoms with E-state index in [0.717, 1.165) is 0 Å². The first-order valence-electron chi connectivity index (χ1n) is 7.25. The van der Waals surface area contributed by atoms with E-state index >= 15 is 0 Å². The van der Waals surface area contributed by atoms with Crippen molar-refractivity contribution in [2.75, 3.05) is 34.5 Å². The molecule has 1 aromatic heterocycles. The van der Waals surface area contributed by atoms with E-state index in [4.69, 9.17) is 14.0 Å². The van der Waals surface area contributed by atoms with Gasteiger partial charge in [0.15, 0.2) is 11.5 Å². The van der Waals surface area contributed by atoms with Crippen LogP contribution in [-0.4, -0.2) is 63.4 Å². The van der Waals surface area contributed by atoms with Gasteiger partial charge >= 0.3 is 5.97 Å². The standard InChI is InChI=1S/C15H22N2O7/c1-9-5-11(17-24-9)14(19)16-12(8-22-3)13(18)6-10(7-21-2)15(20)23-4/h5,10,12H,6-8H2,1-4H3,(H,16,19)/t10-,12-/m0/s1. The summed E-state index contributed by atoms with van der Waals surface area (Å²) in [6.07, 6.45) is -0.146. The Morgan fingerprint density at radius 2 is 1.88 bits per heavy atom. The number of methoxy groups -OCH3 is 3. The van der Waals surface area contributed by atoms with Crippen molar-refractivity contribution in [3.63, 3.8) is 0 Å². The van der Waals surface area contributed by atoms with Gasteiger partial charge in [0.2, 0.25) is 0 Å². The first kappa shape index (κ1) is 19.8. The average molecular weight is 342 g/mol. The van der Waals surface area contributed by atoms with Gasteiger partial charge in [0.1, 0.15) is 11.8 Å². The lowest BCUT2D eigenvalue weighted by Crippen LogP contribution is -2.45. The summed E-state index contributed by atoms with van der Waals surface area (Å²) >= 11 is 0. The number of esters is 1. The average Bonchev–Trinajstić information content (AvgIpc) is 2.99.